The highest BCUT2D eigenvalue weighted by Crippen LogP contribution is 2.21. The number of hydrogen-bond acceptors (Lipinski definition) is 5. The van der Waals surface area contributed by atoms with Crippen LogP contribution in [-0.2, 0) is 6.42 Å². The Labute approximate surface area is 129 Å². The van der Waals surface area contributed by atoms with Crippen LogP contribution in [0.25, 0.3) is 11.5 Å². The Morgan fingerprint density at radius 3 is 2.90 bits per heavy atom. The van der Waals surface area contributed by atoms with Crippen LogP contribution in [0.5, 0.6) is 0 Å². The van der Waals surface area contributed by atoms with E-state index in [9.17, 15) is 0 Å². The van der Waals surface area contributed by atoms with Crippen molar-refractivity contribution < 1.29 is 4.52 Å². The van der Waals surface area contributed by atoms with Gasteiger partial charge in [0.1, 0.15) is 11.8 Å². The first-order valence-corrected chi connectivity index (χ1v) is 6.98. The molecule has 6 heteroatoms. The summed E-state index contributed by atoms with van der Waals surface area (Å²) in [5.41, 5.74) is 2.09. The number of nitrogens with zero attached hydrogens (tertiary/aromatic N) is 4. The molecule has 0 spiro atoms. The van der Waals surface area contributed by atoms with Gasteiger partial charge >= 0.3 is 0 Å². The fraction of sp³-hybridized carbons (Fsp3) is 0.0667. The molecule has 0 radical (unpaired) electrons. The Balaban J connectivity index is 1.87. The van der Waals surface area contributed by atoms with Crippen molar-refractivity contribution in [1.29, 1.82) is 5.26 Å². The van der Waals surface area contributed by atoms with Crippen molar-refractivity contribution in [1.82, 2.24) is 15.1 Å². The summed E-state index contributed by atoms with van der Waals surface area (Å²) in [6.07, 6.45) is 2.12. The van der Waals surface area contributed by atoms with Gasteiger partial charge in [0.25, 0.3) is 5.89 Å². The van der Waals surface area contributed by atoms with E-state index in [2.05, 4.69) is 31.1 Å². The molecule has 5 nitrogen and oxygen atoms in total. The van der Waals surface area contributed by atoms with Crippen molar-refractivity contribution in [3.63, 3.8) is 0 Å². The van der Waals surface area contributed by atoms with E-state index >= 15 is 0 Å². The average molecular weight is 341 g/mol. The molecular weight excluding hydrogens is 332 g/mol. The summed E-state index contributed by atoms with van der Waals surface area (Å²) < 4.78 is 6.26. The monoisotopic (exact) mass is 340 g/mol. The van der Waals surface area contributed by atoms with Crippen molar-refractivity contribution >= 4 is 15.9 Å². The van der Waals surface area contributed by atoms with E-state index in [0.717, 1.165) is 10.0 Å². The predicted octanol–water partition coefficient (Wildman–Crippen LogP) is 3.36. The summed E-state index contributed by atoms with van der Waals surface area (Å²) in [6.45, 7) is 0. The number of hydrogen-bond donors (Lipinski definition) is 0. The van der Waals surface area contributed by atoms with E-state index in [1.54, 1.807) is 18.3 Å². The maximum atomic E-state index is 8.86. The van der Waals surface area contributed by atoms with Crippen LogP contribution in [0.2, 0.25) is 0 Å². The minimum absolute atomic E-state index is 0.318. The lowest BCUT2D eigenvalue weighted by molar-refractivity contribution is 0.424. The molecule has 1 aromatic carbocycles. The Hall–Kier alpha value is -2.52. The fourth-order valence-electron chi connectivity index (χ4n) is 1.88. The molecular formula is C15H9BrN4O. The molecule has 2 heterocycles. The second-order valence-electron chi connectivity index (χ2n) is 4.33. The van der Waals surface area contributed by atoms with E-state index in [-0.39, 0.29) is 0 Å². The zero-order valence-corrected chi connectivity index (χ0v) is 12.4. The van der Waals surface area contributed by atoms with Crippen LogP contribution in [0.3, 0.4) is 0 Å². The van der Waals surface area contributed by atoms with Gasteiger partial charge in [0.05, 0.1) is 0 Å². The normalized spacial score (nSPS) is 10.3. The van der Waals surface area contributed by atoms with E-state index in [4.69, 9.17) is 9.78 Å². The van der Waals surface area contributed by atoms with Gasteiger partial charge in [-0.05, 0) is 23.8 Å². The van der Waals surface area contributed by atoms with Crippen molar-refractivity contribution in [2.75, 3.05) is 0 Å². The summed E-state index contributed by atoms with van der Waals surface area (Å²) in [5, 5.41) is 12.8. The molecule has 3 rings (SSSR count). The first kappa shape index (κ1) is 13.5. The maximum Gasteiger partial charge on any atom is 0.258 e. The first-order valence-electron chi connectivity index (χ1n) is 6.19. The van der Waals surface area contributed by atoms with Gasteiger partial charge in [-0.3, -0.25) is 0 Å². The summed E-state index contributed by atoms with van der Waals surface area (Å²) in [4.78, 5) is 8.27. The molecule has 21 heavy (non-hydrogen) atoms. The number of benzene rings is 1. The summed E-state index contributed by atoms with van der Waals surface area (Å²) in [6, 6.07) is 13.2. The van der Waals surface area contributed by atoms with Crippen LogP contribution in [0.1, 0.15) is 17.1 Å². The minimum atomic E-state index is 0.318. The third-order valence-corrected chi connectivity index (χ3v) is 3.67. The molecule has 3 aromatic rings. The number of halogens is 1. The number of rotatable bonds is 3. The smallest absolute Gasteiger partial charge is 0.258 e. The van der Waals surface area contributed by atoms with Gasteiger partial charge in [0, 0.05) is 22.7 Å². The molecule has 0 aliphatic heterocycles. The minimum Gasteiger partial charge on any atom is -0.334 e. The fourth-order valence-corrected chi connectivity index (χ4v) is 2.30. The molecule has 0 amide bonds. The van der Waals surface area contributed by atoms with Crippen LogP contribution in [0.4, 0.5) is 0 Å². The summed E-state index contributed by atoms with van der Waals surface area (Å²) in [7, 11) is 0. The standard InChI is InChI=1S/C15H9BrN4O/c16-13-4-2-1-3-10(13)8-14-19-15(21-20-14)11-5-6-18-12(7-11)9-17/h1-7H,8H2. The highest BCUT2D eigenvalue weighted by molar-refractivity contribution is 9.10. The quantitative estimate of drug-likeness (QED) is 0.730. The molecule has 0 aliphatic rings. The Morgan fingerprint density at radius 1 is 1.24 bits per heavy atom. The molecule has 0 saturated heterocycles. The summed E-state index contributed by atoms with van der Waals surface area (Å²) >= 11 is 3.49. The van der Waals surface area contributed by atoms with Gasteiger partial charge in [0.2, 0.25) is 0 Å². The first-order chi connectivity index (χ1) is 10.3. The molecule has 0 unspecified atom stereocenters. The molecule has 0 aliphatic carbocycles. The third kappa shape index (κ3) is 2.98. The lowest BCUT2D eigenvalue weighted by Gasteiger charge is -1.99. The Kier molecular flexibility index (Phi) is 3.75. The van der Waals surface area contributed by atoms with Crippen molar-refractivity contribution in [3.8, 4) is 17.5 Å². The van der Waals surface area contributed by atoms with Crippen LogP contribution in [0.15, 0.2) is 51.6 Å². The van der Waals surface area contributed by atoms with Crippen molar-refractivity contribution in [3.05, 3.63) is 64.1 Å². The van der Waals surface area contributed by atoms with Crippen LogP contribution >= 0.6 is 15.9 Å². The highest BCUT2D eigenvalue weighted by atomic mass is 79.9. The van der Waals surface area contributed by atoms with Crippen molar-refractivity contribution in [2.45, 2.75) is 6.42 Å². The number of pyridine rings is 1. The van der Waals surface area contributed by atoms with Crippen LogP contribution in [0, 0.1) is 11.3 Å². The highest BCUT2D eigenvalue weighted by Gasteiger charge is 2.11. The summed E-state index contributed by atoms with van der Waals surface area (Å²) in [5.74, 6) is 0.975. The van der Waals surface area contributed by atoms with Crippen LogP contribution < -0.4 is 0 Å². The second kappa shape index (κ2) is 5.85. The Bertz CT molecular complexity index is 822. The SMILES string of the molecule is N#Cc1cc(-c2nc(Cc3ccccc3Br)no2)ccn1. The van der Waals surface area contributed by atoms with Gasteiger partial charge in [0.15, 0.2) is 5.82 Å². The molecule has 0 atom stereocenters. The van der Waals surface area contributed by atoms with E-state index < -0.39 is 0 Å². The molecule has 102 valence electrons. The predicted molar refractivity (Wildman–Crippen MR) is 79.2 cm³/mol. The molecule has 0 fully saturated rings. The second-order valence-corrected chi connectivity index (χ2v) is 5.18. The largest absolute Gasteiger partial charge is 0.334 e. The topological polar surface area (TPSA) is 75.6 Å². The van der Waals surface area contributed by atoms with E-state index in [1.165, 1.54) is 0 Å². The number of aromatic nitrogens is 3. The lowest BCUT2D eigenvalue weighted by atomic mass is 10.1. The van der Waals surface area contributed by atoms with Gasteiger partial charge in [-0.1, -0.05) is 39.3 Å². The zero-order chi connectivity index (χ0) is 14.7. The van der Waals surface area contributed by atoms with Gasteiger partial charge in [-0.15, -0.1) is 0 Å². The van der Waals surface area contributed by atoms with Gasteiger partial charge < -0.3 is 4.52 Å². The molecule has 0 bridgehead atoms. The van der Waals surface area contributed by atoms with Gasteiger partial charge in [-0.2, -0.15) is 10.2 Å². The zero-order valence-electron chi connectivity index (χ0n) is 10.8. The Morgan fingerprint density at radius 2 is 2.10 bits per heavy atom. The lowest BCUT2D eigenvalue weighted by Crippen LogP contribution is -1.92. The van der Waals surface area contributed by atoms with Gasteiger partial charge in [-0.25, -0.2) is 4.98 Å². The molecule has 2 aromatic heterocycles. The number of nitriles is 1. The van der Waals surface area contributed by atoms with E-state index in [0.29, 0.717) is 29.4 Å². The van der Waals surface area contributed by atoms with E-state index in [1.807, 2.05) is 30.3 Å². The molecule has 0 N–H and O–H groups in total. The third-order valence-electron chi connectivity index (χ3n) is 2.90. The molecule has 0 saturated carbocycles. The maximum absolute atomic E-state index is 8.86. The average Bonchev–Trinajstić information content (AvgIpc) is 2.98. The van der Waals surface area contributed by atoms with Crippen molar-refractivity contribution in [2.24, 2.45) is 0 Å². The van der Waals surface area contributed by atoms with Crippen LogP contribution in [-0.4, -0.2) is 15.1 Å².